The largest absolute Gasteiger partial charge is 0.491 e. The van der Waals surface area contributed by atoms with Crippen LogP contribution in [0.3, 0.4) is 0 Å². The number of hydrogen-bond donors (Lipinski definition) is 1. The van der Waals surface area contributed by atoms with E-state index in [0.717, 1.165) is 5.69 Å². The molecule has 0 fully saturated rings. The van der Waals surface area contributed by atoms with Gasteiger partial charge in [0, 0.05) is 5.69 Å². The monoisotopic (exact) mass is 191 g/mol. The van der Waals surface area contributed by atoms with Gasteiger partial charge in [-0.25, -0.2) is 0 Å². The summed E-state index contributed by atoms with van der Waals surface area (Å²) in [5, 5.41) is 0. The molecule has 54 valence electrons. The number of para-hydroxylation sites is 1. The molecular formula is C6H8AlCl2N. The van der Waals surface area contributed by atoms with E-state index >= 15 is 0 Å². The molecule has 1 rings (SSSR count). The highest BCUT2D eigenvalue weighted by molar-refractivity contribution is 6.15. The molecule has 1 aromatic rings. The van der Waals surface area contributed by atoms with Crippen LogP contribution in [0.25, 0.3) is 0 Å². The molecule has 0 aliphatic rings. The average molecular weight is 192 g/mol. The zero-order valence-electron chi connectivity index (χ0n) is 5.28. The summed E-state index contributed by atoms with van der Waals surface area (Å²) in [4.78, 5) is 0. The van der Waals surface area contributed by atoms with Crippen LogP contribution in [0.15, 0.2) is 30.3 Å². The van der Waals surface area contributed by atoms with E-state index in [2.05, 4.69) is 20.8 Å². The Bertz CT molecular complexity index is 157. The van der Waals surface area contributed by atoms with E-state index in [4.69, 9.17) is 0 Å². The molecule has 0 saturated heterocycles. The molecule has 0 saturated carbocycles. The van der Waals surface area contributed by atoms with Crippen LogP contribution in [0.2, 0.25) is 0 Å². The molecule has 0 aliphatic heterocycles. The third-order valence-corrected chi connectivity index (χ3v) is 1.27. The summed E-state index contributed by atoms with van der Waals surface area (Å²) in [6.45, 7) is 0. The van der Waals surface area contributed by atoms with Crippen LogP contribution in [0.5, 0.6) is 0 Å². The van der Waals surface area contributed by atoms with Crippen LogP contribution >= 0.6 is 24.8 Å². The minimum Gasteiger partial charge on any atom is -0.491 e. The van der Waals surface area contributed by atoms with Crippen LogP contribution in [0.4, 0.5) is 5.69 Å². The van der Waals surface area contributed by atoms with Gasteiger partial charge in [-0.3, -0.25) is 0 Å². The first-order valence-corrected chi connectivity index (χ1v) is 3.03. The van der Waals surface area contributed by atoms with Gasteiger partial charge in [0.15, 0.2) is 0 Å². The van der Waals surface area contributed by atoms with Gasteiger partial charge in [-0.15, -0.1) is 24.8 Å². The number of halogens is 2. The lowest BCUT2D eigenvalue weighted by Crippen LogP contribution is -1.87. The molecule has 0 amide bonds. The number of rotatable bonds is 1. The zero-order chi connectivity index (χ0) is 5.82. The van der Waals surface area contributed by atoms with Crippen molar-refractivity contribution in [2.24, 2.45) is 0 Å². The summed E-state index contributed by atoms with van der Waals surface area (Å²) >= 11 is 2.44. The van der Waals surface area contributed by atoms with Crippen molar-refractivity contribution < 1.29 is 0 Å². The number of hydrogen-bond acceptors (Lipinski definition) is 1. The highest BCUT2D eigenvalue weighted by Gasteiger charge is 1.77. The van der Waals surface area contributed by atoms with Crippen molar-refractivity contribution in [1.82, 2.24) is 0 Å². The normalized spacial score (nSPS) is 6.80. The summed E-state index contributed by atoms with van der Waals surface area (Å²) in [6.07, 6.45) is 0. The summed E-state index contributed by atoms with van der Waals surface area (Å²) in [5.74, 6) is 0. The van der Waals surface area contributed by atoms with Crippen molar-refractivity contribution in [3.63, 3.8) is 0 Å². The Morgan fingerprint density at radius 3 is 1.80 bits per heavy atom. The van der Waals surface area contributed by atoms with Crippen molar-refractivity contribution in [1.29, 1.82) is 0 Å². The van der Waals surface area contributed by atoms with Gasteiger partial charge in [-0.2, -0.15) is 0 Å². The van der Waals surface area contributed by atoms with Crippen LogP contribution in [-0.2, 0) is 0 Å². The Morgan fingerprint density at radius 1 is 1.00 bits per heavy atom. The molecule has 0 aromatic heterocycles. The van der Waals surface area contributed by atoms with Crippen LogP contribution in [-0.4, -0.2) is 16.5 Å². The molecule has 0 heterocycles. The fraction of sp³-hybridized carbons (Fsp3) is 0. The maximum atomic E-state index is 2.94. The lowest BCUT2D eigenvalue weighted by molar-refractivity contribution is 1.68. The first kappa shape index (κ1) is 12.8. The number of benzene rings is 1. The molecule has 2 radical (unpaired) electrons. The second-order valence-electron chi connectivity index (χ2n) is 1.51. The first-order chi connectivity index (χ1) is 3.93. The molecule has 0 aliphatic carbocycles. The Morgan fingerprint density at radius 2 is 1.50 bits per heavy atom. The molecule has 0 unspecified atom stereocenters. The molecule has 0 atom stereocenters. The van der Waals surface area contributed by atoms with Crippen molar-refractivity contribution in [3.8, 4) is 0 Å². The molecule has 1 N–H and O–H groups in total. The lowest BCUT2D eigenvalue weighted by atomic mass is 10.3. The maximum Gasteiger partial charge on any atom is 0.305 e. The molecular weight excluding hydrogens is 184 g/mol. The minimum atomic E-state index is 0. The van der Waals surface area contributed by atoms with E-state index in [-0.39, 0.29) is 24.8 Å². The fourth-order valence-corrected chi connectivity index (χ4v) is 0.727. The number of nitrogens with one attached hydrogen (secondary N) is 1. The third-order valence-electron chi connectivity index (χ3n) is 0.940. The quantitative estimate of drug-likeness (QED) is 0.671. The van der Waals surface area contributed by atoms with Gasteiger partial charge in [0.1, 0.15) is 0 Å². The Hall–Kier alpha value is 0.132. The Kier molecular flexibility index (Phi) is 9.25. The van der Waals surface area contributed by atoms with E-state index in [9.17, 15) is 0 Å². The smallest absolute Gasteiger partial charge is 0.305 e. The van der Waals surface area contributed by atoms with Crippen molar-refractivity contribution in [3.05, 3.63) is 30.3 Å². The summed E-state index contributed by atoms with van der Waals surface area (Å²) in [7, 11) is 0. The van der Waals surface area contributed by atoms with Crippen LogP contribution in [0, 0.1) is 0 Å². The SMILES string of the molecule is Cl.Cl.[Al][NH]c1ccccc1. The summed E-state index contributed by atoms with van der Waals surface area (Å²) in [6, 6.07) is 9.99. The molecule has 10 heavy (non-hydrogen) atoms. The Labute approximate surface area is 81.7 Å². The van der Waals surface area contributed by atoms with Gasteiger partial charge in [0.05, 0.1) is 0 Å². The van der Waals surface area contributed by atoms with Gasteiger partial charge in [0.2, 0.25) is 0 Å². The highest BCUT2D eigenvalue weighted by atomic mass is 35.5. The van der Waals surface area contributed by atoms with Crippen molar-refractivity contribution in [2.45, 2.75) is 0 Å². The average Bonchev–Trinajstić information content (AvgIpc) is 1.90. The van der Waals surface area contributed by atoms with Crippen LogP contribution in [0.1, 0.15) is 0 Å². The fourth-order valence-electron chi connectivity index (χ4n) is 0.534. The molecule has 4 heteroatoms. The van der Waals surface area contributed by atoms with Crippen molar-refractivity contribution in [2.75, 3.05) is 4.30 Å². The molecule has 1 aromatic carbocycles. The van der Waals surface area contributed by atoms with E-state index < -0.39 is 0 Å². The third kappa shape index (κ3) is 4.03. The number of anilines is 1. The van der Waals surface area contributed by atoms with E-state index in [1.54, 1.807) is 0 Å². The van der Waals surface area contributed by atoms with Crippen molar-refractivity contribution >= 4 is 47.0 Å². The maximum absolute atomic E-state index is 2.94. The highest BCUT2D eigenvalue weighted by Crippen LogP contribution is 2.01. The topological polar surface area (TPSA) is 12.0 Å². The Balaban J connectivity index is 0. The van der Waals surface area contributed by atoms with Crippen LogP contribution < -0.4 is 4.30 Å². The summed E-state index contributed by atoms with van der Waals surface area (Å²) in [5.41, 5.74) is 1.12. The van der Waals surface area contributed by atoms with Gasteiger partial charge in [-0.1, -0.05) is 18.2 Å². The van der Waals surface area contributed by atoms with Gasteiger partial charge >= 0.3 is 16.5 Å². The first-order valence-electron chi connectivity index (χ1n) is 2.45. The molecule has 0 spiro atoms. The molecule has 1 nitrogen and oxygen atoms in total. The summed E-state index contributed by atoms with van der Waals surface area (Å²) < 4.78 is 2.94. The van der Waals surface area contributed by atoms with E-state index in [1.165, 1.54) is 0 Å². The minimum absolute atomic E-state index is 0. The predicted molar refractivity (Wildman–Crippen MR) is 50.3 cm³/mol. The van der Waals surface area contributed by atoms with Gasteiger partial charge in [0.25, 0.3) is 0 Å². The lowest BCUT2D eigenvalue weighted by Gasteiger charge is -1.95. The van der Waals surface area contributed by atoms with E-state index in [1.807, 2.05) is 30.3 Å². The zero-order valence-corrected chi connectivity index (χ0v) is 8.07. The van der Waals surface area contributed by atoms with Gasteiger partial charge in [-0.05, 0) is 12.1 Å². The van der Waals surface area contributed by atoms with Gasteiger partial charge < -0.3 is 4.30 Å². The standard InChI is InChI=1S/C6H6N.Al.2ClH/c7-6-4-2-1-3-5-6;;;/h1-5,7H;;2*1H/q-1;+1;;. The molecule has 0 bridgehead atoms. The second kappa shape index (κ2) is 7.24. The predicted octanol–water partition coefficient (Wildman–Crippen LogP) is 2.03. The van der Waals surface area contributed by atoms with E-state index in [0.29, 0.717) is 0 Å². The second-order valence-corrected chi connectivity index (χ2v) is 1.80.